The van der Waals surface area contributed by atoms with Crippen LogP contribution in [-0.2, 0) is 20.7 Å². The molecule has 0 bridgehead atoms. The summed E-state index contributed by atoms with van der Waals surface area (Å²) in [5.74, 6) is 0.172. The first-order chi connectivity index (χ1) is 13.2. The third-order valence-corrected chi connectivity index (χ3v) is 4.84. The van der Waals surface area contributed by atoms with Crippen molar-refractivity contribution in [1.82, 2.24) is 0 Å². The van der Waals surface area contributed by atoms with E-state index >= 15 is 0 Å². The molecule has 2 aliphatic rings. The number of fused-ring (bicyclic) bond motifs is 3. The SMILES string of the molecule is CC(=O)Oc1ccc(C2Nc3ccc(CC#N)cc3C3OCCOC23)cc1. The predicted molar refractivity (Wildman–Crippen MR) is 98.3 cm³/mol. The highest BCUT2D eigenvalue weighted by molar-refractivity contribution is 5.69. The van der Waals surface area contributed by atoms with Crippen molar-refractivity contribution < 1.29 is 19.0 Å². The van der Waals surface area contributed by atoms with Crippen LogP contribution in [-0.4, -0.2) is 25.3 Å². The van der Waals surface area contributed by atoms with Gasteiger partial charge in [-0.3, -0.25) is 4.79 Å². The average molecular weight is 364 g/mol. The molecule has 0 radical (unpaired) electrons. The Balaban J connectivity index is 1.66. The number of nitrogens with one attached hydrogen (secondary N) is 1. The Kier molecular flexibility index (Phi) is 4.80. The van der Waals surface area contributed by atoms with Gasteiger partial charge in [-0.15, -0.1) is 0 Å². The van der Waals surface area contributed by atoms with Crippen molar-refractivity contribution >= 4 is 11.7 Å². The molecule has 2 aromatic carbocycles. The molecule has 0 aromatic heterocycles. The topological polar surface area (TPSA) is 80.6 Å². The van der Waals surface area contributed by atoms with E-state index in [9.17, 15) is 4.79 Å². The van der Waals surface area contributed by atoms with Crippen molar-refractivity contribution in [1.29, 1.82) is 5.26 Å². The number of ether oxygens (including phenoxy) is 3. The van der Waals surface area contributed by atoms with Crippen LogP contribution in [0.2, 0.25) is 0 Å². The summed E-state index contributed by atoms with van der Waals surface area (Å²) < 4.78 is 17.2. The summed E-state index contributed by atoms with van der Waals surface area (Å²) in [6.45, 7) is 2.46. The minimum atomic E-state index is -0.343. The molecule has 2 aromatic rings. The van der Waals surface area contributed by atoms with Crippen molar-refractivity contribution in [3.63, 3.8) is 0 Å². The molecule has 0 aliphatic carbocycles. The summed E-state index contributed by atoms with van der Waals surface area (Å²) in [4.78, 5) is 11.1. The fraction of sp³-hybridized carbons (Fsp3) is 0.333. The minimum Gasteiger partial charge on any atom is -0.427 e. The quantitative estimate of drug-likeness (QED) is 0.665. The molecule has 138 valence electrons. The van der Waals surface area contributed by atoms with E-state index in [0.29, 0.717) is 25.4 Å². The molecular formula is C21H20N2O4. The van der Waals surface area contributed by atoms with Gasteiger partial charge < -0.3 is 19.5 Å². The van der Waals surface area contributed by atoms with Gasteiger partial charge in [0.1, 0.15) is 18.0 Å². The number of nitriles is 1. The fourth-order valence-electron chi connectivity index (χ4n) is 3.69. The van der Waals surface area contributed by atoms with Crippen LogP contribution in [0.15, 0.2) is 42.5 Å². The van der Waals surface area contributed by atoms with Crippen molar-refractivity contribution in [3.8, 4) is 11.8 Å². The van der Waals surface area contributed by atoms with Crippen LogP contribution in [0.25, 0.3) is 0 Å². The predicted octanol–water partition coefficient (Wildman–Crippen LogP) is 3.30. The number of anilines is 1. The van der Waals surface area contributed by atoms with E-state index in [1.165, 1.54) is 6.92 Å². The second-order valence-electron chi connectivity index (χ2n) is 6.67. The zero-order valence-electron chi connectivity index (χ0n) is 15.0. The van der Waals surface area contributed by atoms with Crippen molar-refractivity contribution in [3.05, 3.63) is 59.2 Å². The number of nitrogens with zero attached hydrogens (tertiary/aromatic N) is 1. The van der Waals surface area contributed by atoms with Gasteiger partial charge in [-0.1, -0.05) is 18.2 Å². The molecule has 1 fully saturated rings. The van der Waals surface area contributed by atoms with Crippen LogP contribution < -0.4 is 10.1 Å². The third kappa shape index (κ3) is 3.52. The van der Waals surface area contributed by atoms with Gasteiger partial charge in [0.05, 0.1) is 31.7 Å². The smallest absolute Gasteiger partial charge is 0.308 e. The van der Waals surface area contributed by atoms with Crippen LogP contribution >= 0.6 is 0 Å². The number of esters is 1. The van der Waals surface area contributed by atoms with Gasteiger partial charge in [0.15, 0.2) is 0 Å². The lowest BCUT2D eigenvalue weighted by molar-refractivity contribution is -0.151. The number of carbonyl (C=O) groups is 1. The van der Waals surface area contributed by atoms with E-state index < -0.39 is 0 Å². The summed E-state index contributed by atoms with van der Waals surface area (Å²) in [6, 6.07) is 15.5. The molecule has 3 unspecified atom stereocenters. The zero-order chi connectivity index (χ0) is 18.8. The van der Waals surface area contributed by atoms with Crippen LogP contribution in [0.3, 0.4) is 0 Å². The van der Waals surface area contributed by atoms with Gasteiger partial charge in [0, 0.05) is 18.2 Å². The van der Waals surface area contributed by atoms with E-state index in [1.54, 1.807) is 12.1 Å². The summed E-state index contributed by atoms with van der Waals surface area (Å²) in [5, 5.41) is 12.5. The molecule has 4 rings (SSSR count). The Morgan fingerprint density at radius 2 is 2.00 bits per heavy atom. The number of hydrogen-bond acceptors (Lipinski definition) is 6. The molecule has 0 spiro atoms. The molecule has 3 atom stereocenters. The van der Waals surface area contributed by atoms with Gasteiger partial charge in [-0.05, 0) is 35.4 Å². The standard InChI is InChI=1S/C21H20N2O4/c1-13(24)27-16-5-3-15(4-6-16)19-21-20(25-10-11-26-21)17-12-14(8-9-22)2-7-18(17)23-19/h2-7,12,19-21,23H,8,10-11H2,1H3. The Morgan fingerprint density at radius 3 is 2.74 bits per heavy atom. The summed E-state index contributed by atoms with van der Waals surface area (Å²) in [6.07, 6.45) is 0.00184. The molecule has 2 heterocycles. The molecule has 1 saturated heterocycles. The zero-order valence-corrected chi connectivity index (χ0v) is 15.0. The molecule has 6 heteroatoms. The minimum absolute atomic E-state index is 0.0870. The molecular weight excluding hydrogens is 344 g/mol. The van der Waals surface area contributed by atoms with E-state index in [4.69, 9.17) is 19.5 Å². The number of benzene rings is 2. The average Bonchev–Trinajstić information content (AvgIpc) is 2.68. The number of carbonyl (C=O) groups excluding carboxylic acids is 1. The second-order valence-corrected chi connectivity index (χ2v) is 6.67. The van der Waals surface area contributed by atoms with E-state index in [2.05, 4.69) is 11.4 Å². The number of hydrogen-bond donors (Lipinski definition) is 1. The van der Waals surface area contributed by atoms with Gasteiger partial charge >= 0.3 is 5.97 Å². The molecule has 0 amide bonds. The largest absolute Gasteiger partial charge is 0.427 e. The monoisotopic (exact) mass is 364 g/mol. The molecule has 0 saturated carbocycles. The highest BCUT2D eigenvalue weighted by Gasteiger charge is 2.41. The first-order valence-electron chi connectivity index (χ1n) is 8.93. The van der Waals surface area contributed by atoms with Gasteiger partial charge in [-0.25, -0.2) is 0 Å². The van der Waals surface area contributed by atoms with Gasteiger partial charge in [0.25, 0.3) is 0 Å². The lowest BCUT2D eigenvalue weighted by Gasteiger charge is -2.43. The maximum Gasteiger partial charge on any atom is 0.308 e. The first kappa shape index (κ1) is 17.5. The Labute approximate surface area is 157 Å². The maximum absolute atomic E-state index is 11.1. The van der Waals surface area contributed by atoms with Crippen molar-refractivity contribution in [2.75, 3.05) is 18.5 Å². The molecule has 27 heavy (non-hydrogen) atoms. The van der Waals surface area contributed by atoms with E-state index in [0.717, 1.165) is 22.4 Å². The van der Waals surface area contributed by atoms with Crippen LogP contribution in [0.1, 0.15) is 35.8 Å². The molecule has 1 N–H and O–H groups in total. The van der Waals surface area contributed by atoms with Crippen molar-refractivity contribution in [2.45, 2.75) is 31.6 Å². The van der Waals surface area contributed by atoms with E-state index in [-0.39, 0.29) is 24.2 Å². The summed E-state index contributed by atoms with van der Waals surface area (Å²) >= 11 is 0. The summed E-state index contributed by atoms with van der Waals surface area (Å²) in [5.41, 5.74) is 4.01. The van der Waals surface area contributed by atoms with E-state index in [1.807, 2.05) is 30.3 Å². The fourth-order valence-corrected chi connectivity index (χ4v) is 3.69. The Hall–Kier alpha value is -2.88. The van der Waals surface area contributed by atoms with Crippen molar-refractivity contribution in [2.24, 2.45) is 0 Å². The second kappa shape index (κ2) is 7.39. The maximum atomic E-state index is 11.1. The molecule has 6 nitrogen and oxygen atoms in total. The Bertz CT molecular complexity index is 888. The molecule has 2 aliphatic heterocycles. The van der Waals surface area contributed by atoms with Gasteiger partial charge in [0.2, 0.25) is 0 Å². The highest BCUT2D eigenvalue weighted by atomic mass is 16.6. The van der Waals surface area contributed by atoms with Crippen LogP contribution in [0.4, 0.5) is 5.69 Å². The lowest BCUT2D eigenvalue weighted by atomic mass is 9.86. The Morgan fingerprint density at radius 1 is 1.22 bits per heavy atom. The summed E-state index contributed by atoms with van der Waals surface area (Å²) in [7, 11) is 0. The lowest BCUT2D eigenvalue weighted by Crippen LogP contribution is -2.43. The van der Waals surface area contributed by atoms with Crippen LogP contribution in [0, 0.1) is 11.3 Å². The third-order valence-electron chi connectivity index (χ3n) is 4.84. The normalized spacial score (nSPS) is 23.3. The van der Waals surface area contributed by atoms with Crippen LogP contribution in [0.5, 0.6) is 5.75 Å². The van der Waals surface area contributed by atoms with Gasteiger partial charge in [-0.2, -0.15) is 5.26 Å². The first-order valence-corrected chi connectivity index (χ1v) is 8.93. The highest BCUT2D eigenvalue weighted by Crippen LogP contribution is 2.44. The number of rotatable bonds is 3.